The van der Waals surface area contributed by atoms with E-state index >= 15 is 0 Å². The van der Waals surface area contributed by atoms with Crippen LogP contribution in [0.3, 0.4) is 0 Å². The number of carboxylic acids is 1. The smallest absolute Gasteiger partial charge is 0.329 e. The van der Waals surface area contributed by atoms with Crippen LogP contribution < -0.4 is 4.72 Å². The van der Waals surface area contributed by atoms with Crippen molar-refractivity contribution >= 4 is 27.6 Å². The van der Waals surface area contributed by atoms with Gasteiger partial charge in [-0.15, -0.1) is 6.58 Å². The molecule has 0 spiro atoms. The molecule has 1 heterocycles. The van der Waals surface area contributed by atoms with Crippen LogP contribution in [0.25, 0.3) is 0 Å². The van der Waals surface area contributed by atoms with Gasteiger partial charge < -0.3 is 10.0 Å². The molecule has 1 saturated heterocycles. The highest BCUT2D eigenvalue weighted by atomic mass is 32.2. The van der Waals surface area contributed by atoms with Crippen LogP contribution in [0.15, 0.2) is 41.8 Å². The van der Waals surface area contributed by atoms with Crippen molar-refractivity contribution in [2.75, 3.05) is 6.54 Å². The van der Waals surface area contributed by atoms with Crippen molar-refractivity contribution in [3.8, 4) is 0 Å². The summed E-state index contributed by atoms with van der Waals surface area (Å²) >= 11 is 0. The van der Waals surface area contributed by atoms with Gasteiger partial charge in [0.15, 0.2) is 4.90 Å². The van der Waals surface area contributed by atoms with Gasteiger partial charge in [-0.25, -0.2) is 13.2 Å². The standard InChI is InChI=1S/C17H21N3O7S/c1-4-10-17(11-19(14(17)21)16(3,5-2)15(22)23)18-28(26,27)13-9-7-6-8-12(13)20(24)25/h4,6-9,18H,1,5,10-11H2,2-3H3,(H,22,23)/t16-,17?/m0/s1. The third-order valence-electron chi connectivity index (χ3n) is 5.00. The molecule has 0 bridgehead atoms. The van der Waals surface area contributed by atoms with Crippen molar-refractivity contribution in [1.82, 2.24) is 9.62 Å². The number of nitro benzene ring substituents is 1. The Morgan fingerprint density at radius 1 is 1.50 bits per heavy atom. The first-order valence-electron chi connectivity index (χ1n) is 8.39. The van der Waals surface area contributed by atoms with E-state index in [0.717, 1.165) is 17.0 Å². The van der Waals surface area contributed by atoms with Crippen molar-refractivity contribution in [3.05, 3.63) is 47.0 Å². The van der Waals surface area contributed by atoms with Gasteiger partial charge in [0.25, 0.3) is 5.69 Å². The topological polar surface area (TPSA) is 147 Å². The molecule has 1 aromatic rings. The Morgan fingerprint density at radius 3 is 2.57 bits per heavy atom. The molecule has 2 N–H and O–H groups in total. The maximum absolute atomic E-state index is 12.9. The Labute approximate surface area is 162 Å². The Balaban J connectivity index is 2.42. The summed E-state index contributed by atoms with van der Waals surface area (Å²) in [6.07, 6.45) is 1.36. The summed E-state index contributed by atoms with van der Waals surface area (Å²) < 4.78 is 27.9. The molecule has 1 aliphatic rings. The molecule has 0 radical (unpaired) electrons. The minimum Gasteiger partial charge on any atom is -0.480 e. The fourth-order valence-electron chi connectivity index (χ4n) is 3.10. The molecule has 28 heavy (non-hydrogen) atoms. The number of benzene rings is 1. The molecule has 10 nitrogen and oxygen atoms in total. The molecule has 1 amide bonds. The molecule has 0 aliphatic carbocycles. The highest BCUT2D eigenvalue weighted by Crippen LogP contribution is 2.37. The van der Waals surface area contributed by atoms with Crippen LogP contribution in [-0.4, -0.2) is 52.8 Å². The molecule has 1 fully saturated rings. The van der Waals surface area contributed by atoms with Gasteiger partial charge in [-0.1, -0.05) is 25.1 Å². The van der Waals surface area contributed by atoms with E-state index in [9.17, 15) is 33.2 Å². The van der Waals surface area contributed by atoms with Gasteiger partial charge in [0.2, 0.25) is 15.9 Å². The number of amides is 1. The number of carbonyl (C=O) groups excluding carboxylic acids is 1. The first-order valence-corrected chi connectivity index (χ1v) is 9.87. The van der Waals surface area contributed by atoms with Gasteiger partial charge in [-0.2, -0.15) is 4.72 Å². The molecule has 0 aromatic heterocycles. The highest BCUT2D eigenvalue weighted by molar-refractivity contribution is 7.89. The van der Waals surface area contributed by atoms with Crippen LogP contribution >= 0.6 is 0 Å². The van der Waals surface area contributed by atoms with Gasteiger partial charge in [0, 0.05) is 6.07 Å². The minimum atomic E-state index is -4.44. The van der Waals surface area contributed by atoms with Crippen LogP contribution in [0.5, 0.6) is 0 Å². The van der Waals surface area contributed by atoms with Gasteiger partial charge in [-0.3, -0.25) is 14.9 Å². The van der Waals surface area contributed by atoms with Crippen LogP contribution in [0.2, 0.25) is 0 Å². The lowest BCUT2D eigenvalue weighted by molar-refractivity contribution is -0.387. The highest BCUT2D eigenvalue weighted by Gasteiger charge is 2.60. The molecule has 11 heteroatoms. The SMILES string of the molecule is C=CCC1(NS(=O)(=O)c2ccccc2[N+](=O)[O-])CN([C@@](C)(CC)C(=O)O)C1=O. The molecule has 1 aromatic carbocycles. The Hall–Kier alpha value is -2.79. The third kappa shape index (κ3) is 3.38. The number of β-lactam (4-membered cyclic amide) rings is 1. The van der Waals surface area contributed by atoms with Crippen LogP contribution in [0.1, 0.15) is 26.7 Å². The number of nitrogens with zero attached hydrogens (tertiary/aromatic N) is 2. The Morgan fingerprint density at radius 2 is 2.11 bits per heavy atom. The number of sulfonamides is 1. The number of hydrogen-bond donors (Lipinski definition) is 2. The molecule has 152 valence electrons. The lowest BCUT2D eigenvalue weighted by Crippen LogP contribution is -2.79. The van der Waals surface area contributed by atoms with Gasteiger partial charge in [0.1, 0.15) is 11.1 Å². The van der Waals surface area contributed by atoms with E-state index in [1.807, 2.05) is 0 Å². The van der Waals surface area contributed by atoms with E-state index in [1.165, 1.54) is 25.1 Å². The number of aliphatic carboxylic acids is 1. The van der Waals surface area contributed by atoms with E-state index in [4.69, 9.17) is 0 Å². The normalized spacial score (nSPS) is 21.5. The number of hydrogen-bond acceptors (Lipinski definition) is 6. The summed E-state index contributed by atoms with van der Waals surface area (Å²) in [6, 6.07) is 4.76. The number of likely N-dealkylation sites (tertiary alicyclic amines) is 1. The third-order valence-corrected chi connectivity index (χ3v) is 6.59. The average molecular weight is 411 g/mol. The van der Waals surface area contributed by atoms with Gasteiger partial charge in [-0.05, 0) is 25.8 Å². The molecule has 2 rings (SSSR count). The van der Waals surface area contributed by atoms with Crippen LogP contribution in [0, 0.1) is 10.1 Å². The molecule has 1 unspecified atom stereocenters. The van der Waals surface area contributed by atoms with E-state index in [1.54, 1.807) is 6.92 Å². The molecule has 1 aliphatic heterocycles. The van der Waals surface area contributed by atoms with Crippen molar-refractivity contribution < 1.29 is 28.0 Å². The second-order valence-electron chi connectivity index (χ2n) is 6.73. The van der Waals surface area contributed by atoms with Crippen LogP contribution in [0.4, 0.5) is 5.69 Å². The number of carbonyl (C=O) groups is 2. The molecular weight excluding hydrogens is 390 g/mol. The van der Waals surface area contributed by atoms with E-state index in [-0.39, 0.29) is 19.4 Å². The summed E-state index contributed by atoms with van der Waals surface area (Å²) in [6.45, 7) is 6.30. The van der Waals surface area contributed by atoms with E-state index in [2.05, 4.69) is 11.3 Å². The van der Waals surface area contributed by atoms with Crippen molar-refractivity contribution in [2.24, 2.45) is 0 Å². The quantitative estimate of drug-likeness (QED) is 0.269. The summed E-state index contributed by atoms with van der Waals surface area (Å²) in [5, 5.41) is 20.6. The Bertz CT molecular complexity index is 946. The summed E-state index contributed by atoms with van der Waals surface area (Å²) in [7, 11) is -4.44. The summed E-state index contributed by atoms with van der Waals surface area (Å²) in [5.41, 5.74) is -3.77. The largest absolute Gasteiger partial charge is 0.480 e. The predicted octanol–water partition coefficient (Wildman–Crippen LogP) is 1.28. The maximum atomic E-state index is 12.9. The number of nitro groups is 1. The monoisotopic (exact) mass is 411 g/mol. The average Bonchev–Trinajstić information content (AvgIpc) is 2.64. The number of carboxylic acid groups (broad SMARTS) is 1. The Kier molecular flexibility index (Phi) is 5.62. The lowest BCUT2D eigenvalue weighted by atomic mass is 9.80. The first kappa shape index (κ1) is 21.5. The van der Waals surface area contributed by atoms with Crippen LogP contribution in [-0.2, 0) is 19.6 Å². The van der Waals surface area contributed by atoms with Crippen molar-refractivity contribution in [1.29, 1.82) is 0 Å². The zero-order chi connectivity index (χ0) is 21.3. The number of rotatable bonds is 9. The molecule has 2 atom stereocenters. The first-order chi connectivity index (χ1) is 12.9. The zero-order valence-electron chi connectivity index (χ0n) is 15.4. The fraction of sp³-hybridized carbons (Fsp3) is 0.412. The lowest BCUT2D eigenvalue weighted by Gasteiger charge is -2.54. The zero-order valence-corrected chi connectivity index (χ0v) is 16.2. The second kappa shape index (κ2) is 7.32. The van der Waals surface area contributed by atoms with Crippen molar-refractivity contribution in [2.45, 2.75) is 42.7 Å². The summed E-state index contributed by atoms with van der Waals surface area (Å²) in [4.78, 5) is 35.3. The van der Waals surface area contributed by atoms with Gasteiger partial charge in [0.05, 0.1) is 11.5 Å². The second-order valence-corrected chi connectivity index (χ2v) is 8.38. The molecular formula is C17H21N3O7S. The van der Waals surface area contributed by atoms with E-state index in [0.29, 0.717) is 0 Å². The predicted molar refractivity (Wildman–Crippen MR) is 99.0 cm³/mol. The molecule has 0 saturated carbocycles. The maximum Gasteiger partial charge on any atom is 0.329 e. The van der Waals surface area contributed by atoms with Gasteiger partial charge >= 0.3 is 5.97 Å². The fourth-order valence-corrected chi connectivity index (χ4v) is 4.63. The number of para-hydroxylation sites is 1. The van der Waals surface area contributed by atoms with Crippen molar-refractivity contribution in [3.63, 3.8) is 0 Å². The van der Waals surface area contributed by atoms with E-state index < -0.39 is 48.5 Å². The number of nitrogens with one attached hydrogen (secondary N) is 1. The minimum absolute atomic E-state index is 0.0956. The summed E-state index contributed by atoms with van der Waals surface area (Å²) in [5.74, 6) is -1.93.